The highest BCUT2D eigenvalue weighted by atomic mass is 35.5. The van der Waals surface area contributed by atoms with Crippen LogP contribution in [0.5, 0.6) is 11.5 Å². The molecule has 8 nitrogen and oxygen atoms in total. The molecule has 0 aromatic heterocycles. The highest BCUT2D eigenvalue weighted by Gasteiger charge is 2.16. The molecule has 0 radical (unpaired) electrons. The Hall–Kier alpha value is -4.32. The lowest BCUT2D eigenvalue weighted by atomic mass is 10.0. The molecule has 0 saturated heterocycles. The molecule has 10 heteroatoms. The third kappa shape index (κ3) is 7.10. The average molecular weight is 538 g/mol. The van der Waals surface area contributed by atoms with Gasteiger partial charge in [-0.25, -0.2) is 0 Å². The lowest BCUT2D eigenvalue weighted by molar-refractivity contribution is -0.384. The molecule has 0 spiro atoms. The van der Waals surface area contributed by atoms with Crippen LogP contribution in [0.15, 0.2) is 72.8 Å². The summed E-state index contributed by atoms with van der Waals surface area (Å²) < 4.78 is 11.6. The van der Waals surface area contributed by atoms with Crippen molar-refractivity contribution >= 4 is 46.6 Å². The number of halogens is 2. The van der Waals surface area contributed by atoms with Crippen molar-refractivity contribution in [1.82, 2.24) is 0 Å². The number of carbonyl (C=O) groups is 1. The maximum atomic E-state index is 12.7. The quantitative estimate of drug-likeness (QED) is 0.100. The Morgan fingerprint density at radius 2 is 1.97 bits per heavy atom. The van der Waals surface area contributed by atoms with E-state index >= 15 is 0 Å². The van der Waals surface area contributed by atoms with Gasteiger partial charge in [0.1, 0.15) is 18.2 Å². The number of benzene rings is 3. The molecule has 0 aliphatic rings. The second-order valence-corrected chi connectivity index (χ2v) is 8.50. The number of non-ortho nitro benzene ring substituents is 1. The highest BCUT2D eigenvalue weighted by molar-refractivity contribution is 6.35. The summed E-state index contributed by atoms with van der Waals surface area (Å²) >= 11 is 12.2. The van der Waals surface area contributed by atoms with Crippen molar-refractivity contribution in [2.45, 2.75) is 13.0 Å². The van der Waals surface area contributed by atoms with E-state index in [0.717, 1.165) is 5.56 Å². The number of methoxy groups -OCH3 is 1. The molecule has 188 valence electrons. The number of hydrogen-bond acceptors (Lipinski definition) is 6. The van der Waals surface area contributed by atoms with Crippen molar-refractivity contribution in [3.05, 3.63) is 110 Å². The monoisotopic (exact) mass is 537 g/mol. The number of ether oxygens (including phenoxy) is 2. The zero-order chi connectivity index (χ0) is 26.9. The van der Waals surface area contributed by atoms with Crippen LogP contribution in [-0.4, -0.2) is 17.9 Å². The highest BCUT2D eigenvalue weighted by Crippen LogP contribution is 2.35. The third-order valence-corrected chi connectivity index (χ3v) is 5.70. The first-order chi connectivity index (χ1) is 17.7. The van der Waals surface area contributed by atoms with Crippen LogP contribution in [0.1, 0.15) is 16.7 Å². The third-order valence-electron chi connectivity index (χ3n) is 5.12. The lowest BCUT2D eigenvalue weighted by Gasteiger charge is -2.16. The van der Waals surface area contributed by atoms with Crippen LogP contribution in [-0.2, 0) is 17.8 Å². The van der Waals surface area contributed by atoms with E-state index in [0.29, 0.717) is 39.1 Å². The van der Waals surface area contributed by atoms with E-state index in [4.69, 9.17) is 32.7 Å². The normalized spacial score (nSPS) is 10.8. The van der Waals surface area contributed by atoms with Gasteiger partial charge in [0.25, 0.3) is 11.6 Å². The lowest BCUT2D eigenvalue weighted by Crippen LogP contribution is -2.13. The molecule has 0 aliphatic heterocycles. The number of anilines is 1. The first kappa shape index (κ1) is 27.3. The van der Waals surface area contributed by atoms with Gasteiger partial charge in [0.05, 0.1) is 12.0 Å². The molecule has 0 saturated carbocycles. The molecular formula is C27H21Cl2N3O5. The van der Waals surface area contributed by atoms with Gasteiger partial charge >= 0.3 is 0 Å². The molecule has 0 aliphatic carbocycles. The minimum Gasteiger partial charge on any atom is -0.493 e. The van der Waals surface area contributed by atoms with Gasteiger partial charge in [0.15, 0.2) is 11.5 Å². The standard InChI is InChI=1S/C27H21Cl2N3O5/c1-3-5-18-10-17(11-20(15-30)27(33)31-22-6-4-7-23(14-22)32(34)35)12-25(36-2)26(18)37-16-19-8-9-21(28)13-24(19)29/h3-4,6-14H,1,5,16H2,2H3,(H,31,33)/b20-11+. The second kappa shape index (κ2) is 12.6. The van der Waals surface area contributed by atoms with E-state index in [-0.39, 0.29) is 23.6 Å². The van der Waals surface area contributed by atoms with Crippen molar-refractivity contribution in [1.29, 1.82) is 5.26 Å². The van der Waals surface area contributed by atoms with E-state index in [9.17, 15) is 20.2 Å². The van der Waals surface area contributed by atoms with Gasteiger partial charge in [-0.3, -0.25) is 14.9 Å². The molecule has 0 bridgehead atoms. The van der Waals surface area contributed by atoms with Gasteiger partial charge in [0.2, 0.25) is 0 Å². The molecule has 1 amide bonds. The summed E-state index contributed by atoms with van der Waals surface area (Å²) in [5.41, 5.74) is 1.74. The topological polar surface area (TPSA) is 114 Å². The number of nitro groups is 1. The van der Waals surface area contributed by atoms with Gasteiger partial charge in [-0.2, -0.15) is 5.26 Å². The number of amides is 1. The number of nitro benzene ring substituents is 1. The number of allylic oxidation sites excluding steroid dienone is 1. The molecule has 0 fully saturated rings. The second-order valence-electron chi connectivity index (χ2n) is 7.66. The van der Waals surface area contributed by atoms with E-state index in [1.165, 1.54) is 37.5 Å². The van der Waals surface area contributed by atoms with Crippen LogP contribution >= 0.6 is 23.2 Å². The molecule has 0 unspecified atom stereocenters. The maximum absolute atomic E-state index is 12.7. The van der Waals surface area contributed by atoms with Gasteiger partial charge < -0.3 is 14.8 Å². The van der Waals surface area contributed by atoms with Crippen molar-refractivity contribution in [3.63, 3.8) is 0 Å². The number of nitriles is 1. The molecule has 1 N–H and O–H groups in total. The molecule has 0 atom stereocenters. The van der Waals surface area contributed by atoms with Crippen molar-refractivity contribution < 1.29 is 19.2 Å². The predicted molar refractivity (Wildman–Crippen MR) is 143 cm³/mol. The van der Waals surface area contributed by atoms with Crippen LogP contribution in [0.25, 0.3) is 6.08 Å². The fourth-order valence-electron chi connectivity index (χ4n) is 3.39. The summed E-state index contributed by atoms with van der Waals surface area (Å²) in [5.74, 6) is 0.127. The van der Waals surface area contributed by atoms with Crippen molar-refractivity contribution in [3.8, 4) is 17.6 Å². The Bertz CT molecular complexity index is 1430. The van der Waals surface area contributed by atoms with Crippen LogP contribution in [0.2, 0.25) is 10.0 Å². The fourth-order valence-corrected chi connectivity index (χ4v) is 3.85. The summed E-state index contributed by atoms with van der Waals surface area (Å²) in [7, 11) is 1.48. The summed E-state index contributed by atoms with van der Waals surface area (Å²) in [6, 6.07) is 15.8. The predicted octanol–water partition coefficient (Wildman–Crippen LogP) is 6.76. The van der Waals surface area contributed by atoms with E-state index in [1.54, 1.807) is 36.4 Å². The number of hydrogen-bond donors (Lipinski definition) is 1. The zero-order valence-corrected chi connectivity index (χ0v) is 21.2. The molecule has 3 aromatic rings. The first-order valence-electron chi connectivity index (χ1n) is 10.8. The van der Waals surface area contributed by atoms with E-state index in [2.05, 4.69) is 11.9 Å². The summed E-state index contributed by atoms with van der Waals surface area (Å²) in [5, 5.41) is 24.1. The van der Waals surface area contributed by atoms with Crippen LogP contribution in [0.3, 0.4) is 0 Å². The van der Waals surface area contributed by atoms with Gasteiger partial charge in [-0.1, -0.05) is 41.4 Å². The van der Waals surface area contributed by atoms with Crippen LogP contribution in [0.4, 0.5) is 11.4 Å². The Morgan fingerprint density at radius 3 is 2.62 bits per heavy atom. The number of nitrogens with zero attached hydrogens (tertiary/aromatic N) is 2. The Morgan fingerprint density at radius 1 is 1.19 bits per heavy atom. The largest absolute Gasteiger partial charge is 0.493 e. The van der Waals surface area contributed by atoms with Crippen molar-refractivity contribution in [2.24, 2.45) is 0 Å². The Kier molecular flexibility index (Phi) is 9.27. The number of rotatable bonds is 10. The molecular weight excluding hydrogens is 517 g/mol. The Balaban J connectivity index is 1.90. The molecule has 3 aromatic carbocycles. The summed E-state index contributed by atoms with van der Waals surface area (Å²) in [6.07, 6.45) is 3.50. The van der Waals surface area contributed by atoms with Crippen LogP contribution in [0, 0.1) is 21.4 Å². The number of nitrogens with one attached hydrogen (secondary N) is 1. The summed E-state index contributed by atoms with van der Waals surface area (Å²) in [4.78, 5) is 23.1. The molecule has 37 heavy (non-hydrogen) atoms. The number of carbonyl (C=O) groups excluding carboxylic acids is 1. The first-order valence-corrected chi connectivity index (χ1v) is 11.6. The molecule has 0 heterocycles. The van der Waals surface area contributed by atoms with E-state index < -0.39 is 10.8 Å². The fraction of sp³-hybridized carbons (Fsp3) is 0.111. The SMILES string of the molecule is C=CCc1cc(/C=C(\C#N)C(=O)Nc2cccc([N+](=O)[O-])c2)cc(OC)c1OCc1ccc(Cl)cc1Cl. The van der Waals surface area contributed by atoms with E-state index in [1.807, 2.05) is 6.07 Å². The smallest absolute Gasteiger partial charge is 0.271 e. The van der Waals surface area contributed by atoms with Gasteiger partial charge in [0, 0.05) is 39.0 Å². The van der Waals surface area contributed by atoms with Gasteiger partial charge in [-0.05, 0) is 48.4 Å². The Labute approximate surface area is 223 Å². The van der Waals surface area contributed by atoms with Gasteiger partial charge in [-0.15, -0.1) is 6.58 Å². The van der Waals surface area contributed by atoms with Crippen LogP contribution < -0.4 is 14.8 Å². The maximum Gasteiger partial charge on any atom is 0.271 e. The minimum absolute atomic E-state index is 0.154. The van der Waals surface area contributed by atoms with Crippen molar-refractivity contribution in [2.75, 3.05) is 12.4 Å². The summed E-state index contributed by atoms with van der Waals surface area (Å²) in [6.45, 7) is 3.94. The average Bonchev–Trinajstić information content (AvgIpc) is 2.87. The minimum atomic E-state index is -0.718. The molecule has 3 rings (SSSR count). The zero-order valence-electron chi connectivity index (χ0n) is 19.7.